The Morgan fingerprint density at radius 1 is 1.42 bits per heavy atom. The molecule has 4 nitrogen and oxygen atoms in total. The van der Waals surface area contributed by atoms with Crippen molar-refractivity contribution in [3.63, 3.8) is 0 Å². The van der Waals surface area contributed by atoms with Gasteiger partial charge < -0.3 is 9.30 Å². The molecule has 1 aliphatic heterocycles. The maximum Gasteiger partial charge on any atom is 0.125 e. The average molecular weight is 276 g/mol. The van der Waals surface area contributed by atoms with Crippen LogP contribution in [0.15, 0.2) is 18.2 Å². The minimum absolute atomic E-state index is 0.383. The molecular formula is C14H14ClN3O. The molecule has 0 unspecified atom stereocenters. The van der Waals surface area contributed by atoms with Crippen molar-refractivity contribution in [1.29, 1.82) is 5.26 Å². The first kappa shape index (κ1) is 12.5. The molecule has 0 bridgehead atoms. The largest absolute Gasteiger partial charge is 0.381 e. The molecule has 0 radical (unpaired) electrons. The first-order valence-corrected chi connectivity index (χ1v) is 6.91. The highest BCUT2D eigenvalue weighted by Gasteiger charge is 2.21. The van der Waals surface area contributed by atoms with E-state index in [2.05, 4.69) is 15.6 Å². The van der Waals surface area contributed by atoms with Gasteiger partial charge in [-0.25, -0.2) is 4.98 Å². The minimum Gasteiger partial charge on any atom is -0.381 e. The van der Waals surface area contributed by atoms with Crippen molar-refractivity contribution >= 4 is 22.6 Å². The van der Waals surface area contributed by atoms with E-state index in [9.17, 15) is 0 Å². The van der Waals surface area contributed by atoms with Gasteiger partial charge in [0.05, 0.1) is 28.5 Å². The van der Waals surface area contributed by atoms with Crippen LogP contribution in [0.2, 0.25) is 0 Å². The molecule has 1 aromatic carbocycles. The highest BCUT2D eigenvalue weighted by Crippen LogP contribution is 2.29. The number of aromatic nitrogens is 2. The van der Waals surface area contributed by atoms with E-state index in [4.69, 9.17) is 21.6 Å². The van der Waals surface area contributed by atoms with Gasteiger partial charge in [-0.3, -0.25) is 0 Å². The Kier molecular flexibility index (Phi) is 3.41. The fourth-order valence-corrected chi connectivity index (χ4v) is 2.85. The summed E-state index contributed by atoms with van der Waals surface area (Å²) in [5.74, 6) is 1.26. The van der Waals surface area contributed by atoms with E-state index >= 15 is 0 Å². The molecule has 0 spiro atoms. The summed E-state index contributed by atoms with van der Waals surface area (Å²) in [5.41, 5.74) is 2.54. The van der Waals surface area contributed by atoms with Gasteiger partial charge >= 0.3 is 0 Å². The summed E-state index contributed by atoms with van der Waals surface area (Å²) in [6.45, 7) is 1.56. The van der Waals surface area contributed by atoms with E-state index in [1.807, 2.05) is 18.2 Å². The van der Waals surface area contributed by atoms with Crippen molar-refractivity contribution in [2.45, 2.75) is 24.8 Å². The van der Waals surface area contributed by atoms with Crippen LogP contribution < -0.4 is 0 Å². The Morgan fingerprint density at radius 3 is 2.89 bits per heavy atom. The highest BCUT2D eigenvalue weighted by molar-refractivity contribution is 6.16. The summed E-state index contributed by atoms with van der Waals surface area (Å²) in [6, 6.07) is 8.15. The van der Waals surface area contributed by atoms with Crippen LogP contribution in [0.3, 0.4) is 0 Å². The number of fused-ring (bicyclic) bond motifs is 1. The molecule has 0 aliphatic carbocycles. The summed E-state index contributed by atoms with van der Waals surface area (Å²) in [6.07, 6.45) is 1.96. The Hall–Kier alpha value is -1.57. The first-order chi connectivity index (χ1) is 9.33. The standard InChI is InChI=1S/C14H14ClN3O/c15-8-14-17-12-7-10(9-16)1-2-13(12)18(14)11-3-5-19-6-4-11/h1-2,7,11H,3-6,8H2. The normalized spacial score (nSPS) is 16.6. The van der Waals surface area contributed by atoms with E-state index < -0.39 is 0 Å². The maximum atomic E-state index is 8.95. The number of nitrogens with zero attached hydrogens (tertiary/aromatic N) is 3. The van der Waals surface area contributed by atoms with E-state index in [-0.39, 0.29) is 0 Å². The molecule has 2 heterocycles. The fourth-order valence-electron chi connectivity index (χ4n) is 2.66. The molecule has 3 rings (SSSR count). The lowest BCUT2D eigenvalue weighted by molar-refractivity contribution is 0.0700. The second kappa shape index (κ2) is 5.20. The number of halogens is 1. The fraction of sp³-hybridized carbons (Fsp3) is 0.429. The molecule has 0 N–H and O–H groups in total. The molecule has 5 heteroatoms. The predicted octanol–water partition coefficient (Wildman–Crippen LogP) is 3.00. The molecule has 19 heavy (non-hydrogen) atoms. The van der Waals surface area contributed by atoms with Gasteiger partial charge in [-0.15, -0.1) is 11.6 Å². The molecular weight excluding hydrogens is 262 g/mol. The van der Waals surface area contributed by atoms with Crippen molar-refractivity contribution in [1.82, 2.24) is 9.55 Å². The zero-order valence-electron chi connectivity index (χ0n) is 10.5. The van der Waals surface area contributed by atoms with Gasteiger partial charge in [0.15, 0.2) is 0 Å². The van der Waals surface area contributed by atoms with E-state index in [1.165, 1.54) is 0 Å². The van der Waals surface area contributed by atoms with Gasteiger partial charge in [0.25, 0.3) is 0 Å². The lowest BCUT2D eigenvalue weighted by Gasteiger charge is -2.25. The molecule has 1 aromatic heterocycles. The van der Waals surface area contributed by atoms with Gasteiger partial charge in [-0.05, 0) is 31.0 Å². The first-order valence-electron chi connectivity index (χ1n) is 6.38. The van der Waals surface area contributed by atoms with Crippen LogP contribution in [0.1, 0.15) is 30.3 Å². The molecule has 1 fully saturated rings. The third kappa shape index (κ3) is 2.20. The molecule has 98 valence electrons. The molecule has 0 saturated carbocycles. The molecule has 1 aliphatic rings. The number of nitriles is 1. The second-order valence-corrected chi connectivity index (χ2v) is 4.96. The van der Waals surface area contributed by atoms with Gasteiger partial charge in [-0.2, -0.15) is 5.26 Å². The van der Waals surface area contributed by atoms with Crippen molar-refractivity contribution in [2.75, 3.05) is 13.2 Å². The zero-order valence-corrected chi connectivity index (χ0v) is 11.2. The van der Waals surface area contributed by atoms with Crippen LogP contribution in [-0.4, -0.2) is 22.8 Å². The van der Waals surface area contributed by atoms with Crippen molar-refractivity contribution in [2.24, 2.45) is 0 Å². The second-order valence-electron chi connectivity index (χ2n) is 4.69. The lowest BCUT2D eigenvalue weighted by atomic mass is 10.1. The Labute approximate surface area is 116 Å². The molecule has 2 aromatic rings. The number of hydrogen-bond donors (Lipinski definition) is 0. The highest BCUT2D eigenvalue weighted by atomic mass is 35.5. The summed E-state index contributed by atoms with van der Waals surface area (Å²) in [4.78, 5) is 4.55. The summed E-state index contributed by atoms with van der Waals surface area (Å²) in [7, 11) is 0. The van der Waals surface area contributed by atoms with Crippen LogP contribution >= 0.6 is 11.6 Å². The summed E-state index contributed by atoms with van der Waals surface area (Å²) in [5, 5.41) is 8.95. The van der Waals surface area contributed by atoms with Gasteiger partial charge in [-0.1, -0.05) is 0 Å². The van der Waals surface area contributed by atoms with Gasteiger partial charge in [0.2, 0.25) is 0 Å². The van der Waals surface area contributed by atoms with Crippen LogP contribution in [-0.2, 0) is 10.6 Å². The van der Waals surface area contributed by atoms with E-state index in [0.717, 1.165) is 42.9 Å². The average Bonchev–Trinajstić information content (AvgIpc) is 2.85. The topological polar surface area (TPSA) is 50.8 Å². The molecule has 1 saturated heterocycles. The number of rotatable bonds is 2. The number of benzene rings is 1. The summed E-state index contributed by atoms with van der Waals surface area (Å²) >= 11 is 6.02. The maximum absolute atomic E-state index is 8.95. The lowest BCUT2D eigenvalue weighted by Crippen LogP contribution is -2.20. The van der Waals surface area contributed by atoms with Crippen molar-refractivity contribution in [3.05, 3.63) is 29.6 Å². The van der Waals surface area contributed by atoms with Crippen molar-refractivity contribution < 1.29 is 4.74 Å². The number of alkyl halides is 1. The van der Waals surface area contributed by atoms with E-state index in [0.29, 0.717) is 17.5 Å². The van der Waals surface area contributed by atoms with Crippen LogP contribution in [0.4, 0.5) is 0 Å². The van der Waals surface area contributed by atoms with Gasteiger partial charge in [0.1, 0.15) is 5.82 Å². The predicted molar refractivity (Wildman–Crippen MR) is 73.1 cm³/mol. The number of imidazole rings is 1. The third-order valence-electron chi connectivity index (χ3n) is 3.57. The Morgan fingerprint density at radius 2 is 2.21 bits per heavy atom. The number of hydrogen-bond acceptors (Lipinski definition) is 3. The monoisotopic (exact) mass is 275 g/mol. The molecule has 0 amide bonds. The van der Waals surface area contributed by atoms with E-state index in [1.54, 1.807) is 0 Å². The van der Waals surface area contributed by atoms with Crippen LogP contribution in [0.5, 0.6) is 0 Å². The SMILES string of the molecule is N#Cc1ccc2c(c1)nc(CCl)n2C1CCOCC1. The number of ether oxygens (including phenoxy) is 1. The Bertz CT molecular complexity index is 638. The smallest absolute Gasteiger partial charge is 0.125 e. The van der Waals surface area contributed by atoms with Gasteiger partial charge in [0, 0.05) is 19.3 Å². The minimum atomic E-state index is 0.383. The third-order valence-corrected chi connectivity index (χ3v) is 3.81. The molecule has 0 atom stereocenters. The Balaban J connectivity index is 2.13. The zero-order chi connectivity index (χ0) is 13.2. The van der Waals surface area contributed by atoms with Crippen molar-refractivity contribution in [3.8, 4) is 6.07 Å². The summed E-state index contributed by atoms with van der Waals surface area (Å²) < 4.78 is 7.62. The van der Waals surface area contributed by atoms with Crippen LogP contribution in [0.25, 0.3) is 11.0 Å². The quantitative estimate of drug-likeness (QED) is 0.792. The van der Waals surface area contributed by atoms with Crippen LogP contribution in [0, 0.1) is 11.3 Å².